The molecule has 0 unspecified atom stereocenters. The zero-order valence-electron chi connectivity index (χ0n) is 64.9. The lowest BCUT2D eigenvalue weighted by Gasteiger charge is -2.32. The summed E-state index contributed by atoms with van der Waals surface area (Å²) < 4.78 is 76.2. The first-order valence-corrected chi connectivity index (χ1v) is 38.4. The number of carboxylic acids is 8. The molecule has 0 saturated heterocycles. The van der Waals surface area contributed by atoms with Crippen molar-refractivity contribution in [3.8, 4) is 69.0 Å². The van der Waals surface area contributed by atoms with Crippen LogP contribution in [0.15, 0.2) is 146 Å². The molecule has 8 bridgehead atoms. The second-order valence-electron chi connectivity index (χ2n) is 27.4. The SMILES string of the molecule is CCCCCOc1ccc(C2c3cc(c(OCC(=O)O)cc3OCC(=O)O)C(c3ccc(OCCCCC)cc3)c3cc(c(OCC(=O)O)cc3OCC(=O)O)C(c3ccc(OCCCCC)cc3)c3cc(c(OCC(=O)O)cc3OCC(=O)O)C(c3ccc(OCCCCC)cc3)c3cc2c(OCC(=O)O)cc3OCC(=O)O)cc1. The van der Waals surface area contributed by atoms with Crippen LogP contribution < -0.4 is 56.8 Å². The maximum absolute atomic E-state index is 13.1. The predicted molar refractivity (Wildman–Crippen MR) is 420 cm³/mol. The van der Waals surface area contributed by atoms with Crippen LogP contribution in [-0.2, 0) is 38.4 Å². The topological polar surface area (TPSA) is 409 Å². The van der Waals surface area contributed by atoms with E-state index >= 15 is 0 Å². The van der Waals surface area contributed by atoms with E-state index in [1.165, 1.54) is 48.5 Å². The number of fused-ring (bicyclic) bond motifs is 8. The van der Waals surface area contributed by atoms with E-state index in [2.05, 4.69) is 0 Å². The molecule has 0 spiro atoms. The normalized spacial score (nSPS) is 14.0. The summed E-state index contributed by atoms with van der Waals surface area (Å²) in [6, 6.07) is 37.7. The summed E-state index contributed by atoms with van der Waals surface area (Å²) in [5, 5.41) is 85.1. The molecule has 116 heavy (non-hydrogen) atoms. The van der Waals surface area contributed by atoms with Gasteiger partial charge in [0.25, 0.3) is 0 Å². The number of rotatable bonds is 48. The van der Waals surface area contributed by atoms with Crippen LogP contribution in [0.4, 0.5) is 0 Å². The smallest absolute Gasteiger partial charge is 0.341 e. The average molecular weight is 1600 g/mol. The highest BCUT2D eigenvalue weighted by Gasteiger charge is 2.39. The van der Waals surface area contributed by atoms with Gasteiger partial charge in [-0.2, -0.15) is 0 Å². The van der Waals surface area contributed by atoms with E-state index in [1.54, 1.807) is 97.1 Å². The van der Waals surface area contributed by atoms with Crippen molar-refractivity contribution >= 4 is 47.8 Å². The first-order chi connectivity index (χ1) is 56.0. The number of carbonyl (C=O) groups is 8. The van der Waals surface area contributed by atoms with E-state index in [-0.39, 0.29) is 90.5 Å². The summed E-state index contributed by atoms with van der Waals surface area (Å²) in [5.41, 5.74) is 1.17. The van der Waals surface area contributed by atoms with Gasteiger partial charge in [0.2, 0.25) is 0 Å². The largest absolute Gasteiger partial charge is 0.494 e. The molecule has 0 heterocycles. The zero-order chi connectivity index (χ0) is 83.2. The Kier molecular flexibility index (Phi) is 32.6. The molecule has 28 nitrogen and oxygen atoms in total. The van der Waals surface area contributed by atoms with E-state index in [0.29, 0.717) is 97.4 Å². The molecule has 8 aromatic carbocycles. The van der Waals surface area contributed by atoms with Crippen LogP contribution in [-0.4, -0.2) is 168 Å². The van der Waals surface area contributed by atoms with Gasteiger partial charge in [0.15, 0.2) is 52.9 Å². The lowest BCUT2D eigenvalue weighted by Crippen LogP contribution is -2.20. The summed E-state index contributed by atoms with van der Waals surface area (Å²) in [6.07, 6.45) is 9.64. The second-order valence-corrected chi connectivity index (χ2v) is 27.4. The van der Waals surface area contributed by atoms with Gasteiger partial charge in [-0.1, -0.05) is 128 Å². The summed E-state index contributed by atoms with van der Waals surface area (Å²) in [7, 11) is 0. The average Bonchev–Trinajstić information content (AvgIpc) is 0.732. The van der Waals surface area contributed by atoms with Gasteiger partial charge in [-0.15, -0.1) is 0 Å². The van der Waals surface area contributed by atoms with Gasteiger partial charge in [0.05, 0.1) is 26.4 Å². The molecule has 616 valence electrons. The summed E-state index contributed by atoms with van der Waals surface area (Å²) in [6.45, 7) is 0.775. The number of benzene rings is 8. The third-order valence-electron chi connectivity index (χ3n) is 18.8. The Morgan fingerprint density at radius 3 is 0.491 bits per heavy atom. The van der Waals surface area contributed by atoms with Crippen molar-refractivity contribution < 1.29 is 136 Å². The van der Waals surface area contributed by atoms with Crippen molar-refractivity contribution in [2.45, 2.75) is 128 Å². The molecule has 1 aliphatic rings. The monoisotopic (exact) mass is 1600 g/mol. The van der Waals surface area contributed by atoms with Gasteiger partial charge in [0.1, 0.15) is 69.0 Å². The highest BCUT2D eigenvalue weighted by molar-refractivity contribution is 5.76. The predicted octanol–water partition coefficient (Wildman–Crippen LogP) is 14.7. The maximum atomic E-state index is 13.1. The minimum atomic E-state index is -1.49. The number of ether oxygens (including phenoxy) is 12. The lowest BCUT2D eigenvalue weighted by atomic mass is 9.75. The summed E-state index contributed by atoms with van der Waals surface area (Å²) in [5.74, 6) is -18.7. The van der Waals surface area contributed by atoms with Crippen molar-refractivity contribution in [2.24, 2.45) is 0 Å². The van der Waals surface area contributed by atoms with Crippen LogP contribution >= 0.6 is 0 Å². The van der Waals surface area contributed by atoms with Crippen LogP contribution in [0, 0.1) is 0 Å². The van der Waals surface area contributed by atoms with E-state index in [9.17, 15) is 79.2 Å². The minimum absolute atomic E-state index is 0.00261. The van der Waals surface area contributed by atoms with Crippen LogP contribution in [0.2, 0.25) is 0 Å². The molecule has 0 atom stereocenters. The highest BCUT2D eigenvalue weighted by atomic mass is 16.5. The fourth-order valence-electron chi connectivity index (χ4n) is 13.6. The molecule has 1 aliphatic carbocycles. The highest BCUT2D eigenvalue weighted by Crippen LogP contribution is 2.56. The second kappa shape index (κ2) is 43.4. The fourth-order valence-corrected chi connectivity index (χ4v) is 13.6. The maximum Gasteiger partial charge on any atom is 0.341 e. The molecule has 28 heteroatoms. The number of aliphatic carboxylic acids is 8. The molecule has 0 aromatic heterocycles. The Morgan fingerprint density at radius 1 is 0.216 bits per heavy atom. The van der Waals surface area contributed by atoms with Crippen molar-refractivity contribution in [3.63, 3.8) is 0 Å². The molecule has 9 rings (SSSR count). The van der Waals surface area contributed by atoms with Gasteiger partial charge in [-0.25, -0.2) is 38.4 Å². The quantitative estimate of drug-likeness (QED) is 0.0164. The van der Waals surface area contributed by atoms with Gasteiger partial charge in [-0.3, -0.25) is 0 Å². The van der Waals surface area contributed by atoms with E-state index in [1.807, 2.05) is 27.7 Å². The van der Waals surface area contributed by atoms with Crippen LogP contribution in [0.5, 0.6) is 69.0 Å². The van der Waals surface area contributed by atoms with Crippen molar-refractivity contribution in [1.82, 2.24) is 0 Å². The van der Waals surface area contributed by atoms with Crippen LogP contribution in [0.1, 0.15) is 195 Å². The lowest BCUT2D eigenvalue weighted by molar-refractivity contribution is -0.140. The minimum Gasteiger partial charge on any atom is -0.494 e. The summed E-state index contributed by atoms with van der Waals surface area (Å²) >= 11 is 0. The van der Waals surface area contributed by atoms with Crippen LogP contribution in [0.3, 0.4) is 0 Å². The first-order valence-electron chi connectivity index (χ1n) is 38.4. The Balaban J connectivity index is 1.63. The molecule has 0 radical (unpaired) electrons. The zero-order valence-corrected chi connectivity index (χ0v) is 64.9. The molecule has 0 saturated carbocycles. The molecular weight excluding hydrogens is 1500 g/mol. The van der Waals surface area contributed by atoms with Crippen LogP contribution in [0.25, 0.3) is 0 Å². The van der Waals surface area contributed by atoms with Crippen molar-refractivity contribution in [3.05, 3.63) is 212 Å². The Morgan fingerprint density at radius 2 is 0.362 bits per heavy atom. The van der Waals surface area contributed by atoms with Crippen molar-refractivity contribution in [1.29, 1.82) is 0 Å². The van der Waals surface area contributed by atoms with E-state index in [0.717, 1.165) is 51.4 Å². The summed E-state index contributed by atoms with van der Waals surface area (Å²) in [4.78, 5) is 105. The van der Waals surface area contributed by atoms with Gasteiger partial charge in [0, 0.05) is 92.4 Å². The number of carboxylic acid groups (broad SMARTS) is 8. The van der Waals surface area contributed by atoms with Gasteiger partial charge < -0.3 is 97.7 Å². The Bertz CT molecular complexity index is 3920. The van der Waals surface area contributed by atoms with Gasteiger partial charge >= 0.3 is 47.8 Å². The Labute approximate surface area is 669 Å². The van der Waals surface area contributed by atoms with Gasteiger partial charge in [-0.05, 0) is 121 Å². The molecular formula is C88H96O28. The third-order valence-corrected chi connectivity index (χ3v) is 18.8. The van der Waals surface area contributed by atoms with E-state index in [4.69, 9.17) is 56.8 Å². The molecule has 0 amide bonds. The number of hydrogen-bond donors (Lipinski definition) is 8. The third kappa shape index (κ3) is 24.6. The molecule has 0 aliphatic heterocycles. The molecule has 8 N–H and O–H groups in total. The van der Waals surface area contributed by atoms with E-state index < -0.39 is 124 Å². The number of unbranched alkanes of at least 4 members (excludes halogenated alkanes) is 8. The molecule has 0 fully saturated rings. The first kappa shape index (κ1) is 87.1. The number of hydrogen-bond acceptors (Lipinski definition) is 20. The standard InChI is InChI=1S/C88H96O28/c1-5-9-13-33-105-57-25-17-53(18-26-57)85-61-37-63(71(111-47-79(93)94)41-69(61)109-45-77(89)90)86(54-19-27-58(28-20-54)106-34-14-10-6-2)65-39-67(75(115-51-83(101)102)43-73(65)113-49-81(97)98)88(56-23-31-60(32-24-56)108-36-16-12-8-4)68-40-66(74(114-50-82(99)100)44-76(68)116-52-84(103)104)87(55-21-29-59(30-22-55)107-35-15-11-7-3)64-38-62(85)70(110-46-78(91)92)42-72(64)112-48-80(95)96/h17-32,37-44,85-88H,5-16,33-36,45-52H2,1-4H3,(H,89,90)(H,91,92)(H,93,94)(H,95,96)(H,97,98)(H,99,100)(H,101,102)(H,103,104). The Hall–Kier alpha value is -12.9. The molecule has 8 aromatic rings. The fraction of sp³-hybridized carbons (Fsp3) is 0.364. The van der Waals surface area contributed by atoms with Crippen molar-refractivity contribution in [2.75, 3.05) is 79.3 Å².